The Morgan fingerprint density at radius 3 is 3.00 bits per heavy atom. The van der Waals surface area contributed by atoms with Gasteiger partial charge in [0.25, 0.3) is 0 Å². The number of rotatable bonds is 6. The lowest BCUT2D eigenvalue weighted by molar-refractivity contribution is 0.310. The molecule has 116 valence electrons. The van der Waals surface area contributed by atoms with Gasteiger partial charge in [0.15, 0.2) is 17.3 Å². The molecular formula is C13H14BrN5O3. The van der Waals surface area contributed by atoms with Crippen molar-refractivity contribution in [2.24, 2.45) is 5.10 Å². The molecule has 2 rings (SSSR count). The molecule has 2 N–H and O–H groups in total. The molecule has 0 saturated heterocycles. The number of benzene rings is 1. The van der Waals surface area contributed by atoms with E-state index in [9.17, 15) is 4.79 Å². The molecule has 0 aliphatic heterocycles. The number of nitrogens with one attached hydrogen (secondary N) is 2. The Hall–Kier alpha value is -2.42. The number of aromatic nitrogens is 3. The van der Waals surface area contributed by atoms with Crippen LogP contribution >= 0.6 is 15.9 Å². The first kappa shape index (κ1) is 16.0. The van der Waals surface area contributed by atoms with Crippen LogP contribution in [0.4, 0.5) is 5.82 Å². The van der Waals surface area contributed by atoms with Gasteiger partial charge in [-0.3, -0.25) is 5.43 Å². The number of anilines is 1. The molecule has 1 aromatic heterocycles. The minimum absolute atomic E-state index is 0.248. The highest BCUT2D eigenvalue weighted by Crippen LogP contribution is 2.36. The summed E-state index contributed by atoms with van der Waals surface area (Å²) in [5.41, 5.74) is 2.85. The normalized spacial score (nSPS) is 10.7. The molecule has 0 atom stereocenters. The molecule has 1 aromatic carbocycles. The quantitative estimate of drug-likeness (QED) is 0.595. The molecule has 1 heterocycles. The first-order valence-corrected chi connectivity index (χ1v) is 7.14. The minimum Gasteiger partial charge on any atom is -0.492 e. The van der Waals surface area contributed by atoms with E-state index in [1.54, 1.807) is 19.4 Å². The lowest BCUT2D eigenvalue weighted by Crippen LogP contribution is -2.13. The van der Waals surface area contributed by atoms with Crippen molar-refractivity contribution in [2.45, 2.75) is 6.92 Å². The van der Waals surface area contributed by atoms with Gasteiger partial charge in [0, 0.05) is 0 Å². The number of nitrogens with zero attached hydrogens (tertiary/aromatic N) is 3. The molecule has 0 unspecified atom stereocenters. The van der Waals surface area contributed by atoms with Crippen molar-refractivity contribution in [3.05, 3.63) is 38.9 Å². The van der Waals surface area contributed by atoms with Crippen LogP contribution in [0.25, 0.3) is 0 Å². The molecule has 2 aromatic rings. The molecule has 9 heteroatoms. The summed E-state index contributed by atoms with van der Waals surface area (Å²) in [5, 5.41) is 9.78. The minimum atomic E-state index is -0.550. The summed E-state index contributed by atoms with van der Waals surface area (Å²) in [7, 11) is 1.57. The number of halogens is 1. The van der Waals surface area contributed by atoms with Gasteiger partial charge in [-0.1, -0.05) is 0 Å². The van der Waals surface area contributed by atoms with Crippen LogP contribution in [0.1, 0.15) is 12.5 Å². The van der Waals surface area contributed by atoms with Crippen LogP contribution in [-0.2, 0) is 0 Å². The zero-order valence-electron chi connectivity index (χ0n) is 12.0. The zero-order valence-corrected chi connectivity index (χ0v) is 13.5. The standard InChI is InChI=1S/C13H14BrN5O3/c1-3-22-10-5-8(4-9(14)12(10)21-2)6-15-18-11-7-16-19-13(20)17-11/h4-7H,3H2,1-2H3,(H2,17,18,19,20)/b15-6+. The monoisotopic (exact) mass is 367 g/mol. The first-order chi connectivity index (χ1) is 10.6. The summed E-state index contributed by atoms with van der Waals surface area (Å²) in [4.78, 5) is 14.6. The van der Waals surface area contributed by atoms with E-state index in [4.69, 9.17) is 9.47 Å². The van der Waals surface area contributed by atoms with Gasteiger partial charge in [-0.2, -0.15) is 15.2 Å². The molecule has 0 spiro atoms. The molecule has 22 heavy (non-hydrogen) atoms. The van der Waals surface area contributed by atoms with Crippen molar-refractivity contribution < 1.29 is 9.47 Å². The molecule has 8 nitrogen and oxygen atoms in total. The summed E-state index contributed by atoms with van der Waals surface area (Å²) in [6.45, 7) is 2.41. The topological polar surface area (TPSA) is 101 Å². The molecule has 0 fully saturated rings. The first-order valence-electron chi connectivity index (χ1n) is 6.35. The summed E-state index contributed by atoms with van der Waals surface area (Å²) in [6, 6.07) is 3.62. The van der Waals surface area contributed by atoms with Crippen molar-refractivity contribution in [3.63, 3.8) is 0 Å². The van der Waals surface area contributed by atoms with Gasteiger partial charge in [-0.15, -0.1) is 0 Å². The third kappa shape index (κ3) is 4.04. The van der Waals surface area contributed by atoms with Crippen LogP contribution in [-0.4, -0.2) is 35.1 Å². The highest BCUT2D eigenvalue weighted by atomic mass is 79.9. The maximum atomic E-state index is 11.0. The Morgan fingerprint density at radius 2 is 2.32 bits per heavy atom. The van der Waals surface area contributed by atoms with E-state index in [1.807, 2.05) is 13.0 Å². The van der Waals surface area contributed by atoms with Gasteiger partial charge in [-0.25, -0.2) is 9.89 Å². The maximum absolute atomic E-state index is 11.0. The zero-order chi connectivity index (χ0) is 15.9. The second kappa shape index (κ2) is 7.55. The van der Waals surface area contributed by atoms with Crippen LogP contribution in [0, 0.1) is 0 Å². The number of hydrazone groups is 1. The van der Waals surface area contributed by atoms with Crippen LogP contribution in [0.3, 0.4) is 0 Å². The average molecular weight is 368 g/mol. The van der Waals surface area contributed by atoms with Gasteiger partial charge < -0.3 is 9.47 Å². The van der Waals surface area contributed by atoms with E-state index in [1.165, 1.54) is 6.20 Å². The smallest absolute Gasteiger partial charge is 0.363 e. The van der Waals surface area contributed by atoms with Crippen LogP contribution < -0.4 is 20.6 Å². The Kier molecular flexibility index (Phi) is 5.48. The molecular weight excluding hydrogens is 354 g/mol. The number of ether oxygens (including phenoxy) is 2. The van der Waals surface area contributed by atoms with Crippen molar-refractivity contribution in [3.8, 4) is 11.5 Å². The Morgan fingerprint density at radius 1 is 1.50 bits per heavy atom. The average Bonchev–Trinajstić information content (AvgIpc) is 2.47. The number of H-pyrrole nitrogens is 1. The van der Waals surface area contributed by atoms with Gasteiger partial charge in [-0.05, 0) is 40.5 Å². The predicted octanol–water partition coefficient (Wildman–Crippen LogP) is 1.78. The van der Waals surface area contributed by atoms with Crippen LogP contribution in [0.5, 0.6) is 11.5 Å². The predicted molar refractivity (Wildman–Crippen MR) is 85.7 cm³/mol. The molecule has 0 aliphatic rings. The molecule has 0 radical (unpaired) electrons. The molecule has 0 saturated carbocycles. The van der Waals surface area contributed by atoms with E-state index < -0.39 is 5.69 Å². The van der Waals surface area contributed by atoms with Gasteiger partial charge in [0.05, 0.1) is 30.6 Å². The lowest BCUT2D eigenvalue weighted by Gasteiger charge is -2.11. The Bertz CT molecular complexity index is 732. The van der Waals surface area contributed by atoms with E-state index in [0.717, 1.165) is 10.0 Å². The highest BCUT2D eigenvalue weighted by Gasteiger charge is 2.10. The van der Waals surface area contributed by atoms with Crippen molar-refractivity contribution in [2.75, 3.05) is 19.1 Å². The third-order valence-electron chi connectivity index (χ3n) is 2.50. The molecule has 0 bridgehead atoms. The summed E-state index contributed by atoms with van der Waals surface area (Å²) in [6.07, 6.45) is 2.92. The van der Waals surface area contributed by atoms with Gasteiger partial charge in [0.2, 0.25) is 0 Å². The van der Waals surface area contributed by atoms with Crippen molar-refractivity contribution in [1.29, 1.82) is 0 Å². The fourth-order valence-electron chi connectivity index (χ4n) is 1.66. The molecule has 0 amide bonds. The van der Waals surface area contributed by atoms with Crippen molar-refractivity contribution >= 4 is 28.0 Å². The summed E-state index contributed by atoms with van der Waals surface area (Å²) < 4.78 is 11.6. The fourth-order valence-corrected chi connectivity index (χ4v) is 2.28. The highest BCUT2D eigenvalue weighted by molar-refractivity contribution is 9.10. The van der Waals surface area contributed by atoms with E-state index in [-0.39, 0.29) is 5.82 Å². The largest absolute Gasteiger partial charge is 0.492 e. The van der Waals surface area contributed by atoms with E-state index >= 15 is 0 Å². The maximum Gasteiger partial charge on any atom is 0.363 e. The lowest BCUT2D eigenvalue weighted by atomic mass is 10.2. The number of hydrogen-bond donors (Lipinski definition) is 2. The van der Waals surface area contributed by atoms with E-state index in [0.29, 0.717) is 18.1 Å². The number of hydrogen-bond acceptors (Lipinski definition) is 7. The van der Waals surface area contributed by atoms with Crippen LogP contribution in [0.15, 0.2) is 32.7 Å². The van der Waals surface area contributed by atoms with Gasteiger partial charge >= 0.3 is 5.69 Å². The fraction of sp³-hybridized carbons (Fsp3) is 0.231. The summed E-state index contributed by atoms with van der Waals surface area (Å²) >= 11 is 3.42. The van der Waals surface area contributed by atoms with E-state index in [2.05, 4.69) is 41.6 Å². The van der Waals surface area contributed by atoms with Crippen LogP contribution in [0.2, 0.25) is 0 Å². The third-order valence-corrected chi connectivity index (χ3v) is 3.09. The molecule has 0 aliphatic carbocycles. The van der Waals surface area contributed by atoms with Gasteiger partial charge in [0.1, 0.15) is 0 Å². The number of aromatic amines is 1. The number of methoxy groups -OCH3 is 1. The Labute approximate surface area is 134 Å². The van der Waals surface area contributed by atoms with Crippen molar-refractivity contribution in [1.82, 2.24) is 15.2 Å². The summed E-state index contributed by atoms with van der Waals surface area (Å²) in [5.74, 6) is 1.47. The second-order valence-electron chi connectivity index (χ2n) is 4.01. The Balaban J connectivity index is 2.18. The second-order valence-corrected chi connectivity index (χ2v) is 4.86. The SMILES string of the molecule is CCOc1cc(/C=N/Nc2cn[nH]c(=O)n2)cc(Br)c1OC.